The van der Waals surface area contributed by atoms with Gasteiger partial charge in [0, 0.05) is 38.2 Å². The van der Waals surface area contributed by atoms with Crippen LogP contribution in [0.3, 0.4) is 0 Å². The molecule has 0 saturated carbocycles. The van der Waals surface area contributed by atoms with Crippen LogP contribution in [0.15, 0.2) is 29.3 Å². The van der Waals surface area contributed by atoms with Crippen molar-refractivity contribution in [3.8, 4) is 0 Å². The van der Waals surface area contributed by atoms with E-state index in [1.54, 1.807) is 0 Å². The van der Waals surface area contributed by atoms with Crippen LogP contribution in [0, 0.1) is 0 Å². The molecule has 2 N–H and O–H groups in total. The van der Waals surface area contributed by atoms with E-state index in [-0.39, 0.29) is 24.0 Å². The first-order valence-corrected chi connectivity index (χ1v) is 9.65. The number of aliphatic imine (C=N–C) groups is 1. The summed E-state index contributed by atoms with van der Waals surface area (Å²) in [5.41, 5.74) is 1.24. The van der Waals surface area contributed by atoms with Crippen LogP contribution in [-0.4, -0.2) is 75.7 Å². The summed E-state index contributed by atoms with van der Waals surface area (Å²) in [5.74, 6) is 0.873. The summed E-state index contributed by atoms with van der Waals surface area (Å²) in [7, 11) is 4.03. The molecular weight excluding hydrogens is 461 g/mol. The van der Waals surface area contributed by atoms with Gasteiger partial charge in [-0.2, -0.15) is 0 Å². The Morgan fingerprint density at radius 2 is 1.96 bits per heavy atom. The zero-order valence-electron chi connectivity index (χ0n) is 16.0. The Morgan fingerprint density at radius 1 is 1.15 bits per heavy atom. The number of halogens is 2. The molecule has 0 spiro atoms. The maximum atomic E-state index is 6.02. The molecule has 0 radical (unpaired) electrons. The number of hydrogen-bond donors (Lipinski definition) is 2. The monoisotopic (exact) mass is 493 g/mol. The first kappa shape index (κ1) is 23.5. The molecule has 1 aromatic rings. The first-order chi connectivity index (χ1) is 12.2. The van der Waals surface area contributed by atoms with Gasteiger partial charge < -0.3 is 20.4 Å². The smallest absolute Gasteiger partial charge is 0.190 e. The Balaban J connectivity index is 0.00000338. The average Bonchev–Trinajstić information content (AvgIpc) is 2.81. The zero-order valence-corrected chi connectivity index (χ0v) is 19.1. The van der Waals surface area contributed by atoms with Crippen molar-refractivity contribution in [2.45, 2.75) is 19.3 Å². The van der Waals surface area contributed by atoms with E-state index in [1.165, 1.54) is 38.2 Å². The van der Waals surface area contributed by atoms with Gasteiger partial charge in [-0.25, -0.2) is 0 Å². The molecule has 2 rings (SSSR count). The molecule has 1 saturated heterocycles. The van der Waals surface area contributed by atoms with Gasteiger partial charge in [-0.05, 0) is 63.6 Å². The average molecular weight is 494 g/mol. The Morgan fingerprint density at radius 3 is 2.73 bits per heavy atom. The summed E-state index contributed by atoms with van der Waals surface area (Å²) in [6, 6.07) is 8.01. The van der Waals surface area contributed by atoms with Crippen LogP contribution in [0.4, 0.5) is 0 Å². The minimum Gasteiger partial charge on any atom is -0.356 e. The van der Waals surface area contributed by atoms with E-state index >= 15 is 0 Å². The second kappa shape index (κ2) is 13.6. The molecule has 7 heteroatoms. The van der Waals surface area contributed by atoms with Gasteiger partial charge >= 0.3 is 0 Å². The fraction of sp³-hybridized carbons (Fsp3) is 0.632. The molecule has 1 fully saturated rings. The summed E-state index contributed by atoms with van der Waals surface area (Å²) in [5, 5.41) is 7.57. The van der Waals surface area contributed by atoms with Crippen LogP contribution in [0.25, 0.3) is 0 Å². The summed E-state index contributed by atoms with van der Waals surface area (Å²) in [6.07, 6.45) is 3.35. The number of benzene rings is 1. The van der Waals surface area contributed by atoms with Crippen molar-refractivity contribution in [2.75, 3.05) is 59.9 Å². The fourth-order valence-electron chi connectivity index (χ4n) is 3.07. The quantitative estimate of drug-likeness (QED) is 0.265. The van der Waals surface area contributed by atoms with Crippen molar-refractivity contribution in [3.05, 3.63) is 34.9 Å². The van der Waals surface area contributed by atoms with Crippen LogP contribution in [-0.2, 0) is 6.42 Å². The maximum absolute atomic E-state index is 6.02. The van der Waals surface area contributed by atoms with Gasteiger partial charge in [0.2, 0.25) is 0 Å². The molecule has 0 unspecified atom stereocenters. The Kier molecular flexibility index (Phi) is 12.3. The van der Waals surface area contributed by atoms with Gasteiger partial charge in [-0.3, -0.25) is 4.99 Å². The number of nitrogens with zero attached hydrogens (tertiary/aromatic N) is 3. The standard InChI is InChI=1S/C19H32ClN5.HI/c1-21-19(23-10-8-17-6-3-7-18(20)16-17)22-9-4-12-25-13-5-11-24(2)14-15-25;/h3,6-7,16H,4-5,8-15H2,1-2H3,(H2,21,22,23);1H. The molecule has 148 valence electrons. The van der Waals surface area contributed by atoms with Gasteiger partial charge in [-0.1, -0.05) is 23.7 Å². The predicted molar refractivity (Wildman–Crippen MR) is 123 cm³/mol. The van der Waals surface area contributed by atoms with E-state index in [9.17, 15) is 0 Å². The SMILES string of the molecule is CN=C(NCCCN1CCCN(C)CC1)NCCc1cccc(Cl)c1.I. The summed E-state index contributed by atoms with van der Waals surface area (Å²) in [4.78, 5) is 9.28. The summed E-state index contributed by atoms with van der Waals surface area (Å²) >= 11 is 6.02. The second-order valence-electron chi connectivity index (χ2n) is 6.66. The van der Waals surface area contributed by atoms with Gasteiger partial charge in [0.05, 0.1) is 0 Å². The lowest BCUT2D eigenvalue weighted by Gasteiger charge is -2.20. The van der Waals surface area contributed by atoms with Gasteiger partial charge in [0.15, 0.2) is 5.96 Å². The lowest BCUT2D eigenvalue weighted by molar-refractivity contribution is 0.274. The summed E-state index contributed by atoms with van der Waals surface area (Å²) in [6.45, 7) is 7.75. The molecule has 1 aliphatic rings. The highest BCUT2D eigenvalue weighted by molar-refractivity contribution is 14.0. The molecule has 0 aromatic heterocycles. The van der Waals surface area contributed by atoms with Crippen LogP contribution < -0.4 is 10.6 Å². The van der Waals surface area contributed by atoms with E-state index < -0.39 is 0 Å². The Labute approximate surface area is 180 Å². The Bertz CT molecular complexity index is 540. The van der Waals surface area contributed by atoms with Crippen molar-refractivity contribution in [2.24, 2.45) is 4.99 Å². The van der Waals surface area contributed by atoms with Gasteiger partial charge in [-0.15, -0.1) is 24.0 Å². The van der Waals surface area contributed by atoms with Crippen molar-refractivity contribution < 1.29 is 0 Å². The van der Waals surface area contributed by atoms with E-state index in [0.29, 0.717) is 0 Å². The van der Waals surface area contributed by atoms with E-state index in [1.807, 2.05) is 25.2 Å². The van der Waals surface area contributed by atoms with E-state index in [0.717, 1.165) is 43.5 Å². The zero-order chi connectivity index (χ0) is 17.9. The van der Waals surface area contributed by atoms with E-state index in [2.05, 4.69) is 38.5 Å². The first-order valence-electron chi connectivity index (χ1n) is 9.27. The number of guanidine groups is 1. The fourth-order valence-corrected chi connectivity index (χ4v) is 3.28. The number of nitrogens with one attached hydrogen (secondary N) is 2. The highest BCUT2D eigenvalue weighted by Crippen LogP contribution is 2.10. The summed E-state index contributed by atoms with van der Waals surface area (Å²) < 4.78 is 0. The van der Waals surface area contributed by atoms with Crippen LogP contribution in [0.2, 0.25) is 5.02 Å². The van der Waals surface area contributed by atoms with Gasteiger partial charge in [0.1, 0.15) is 0 Å². The number of hydrogen-bond acceptors (Lipinski definition) is 3. The Hall–Kier alpha value is -0.570. The predicted octanol–water partition coefficient (Wildman–Crippen LogP) is 2.69. The maximum Gasteiger partial charge on any atom is 0.190 e. The highest BCUT2D eigenvalue weighted by Gasteiger charge is 2.11. The molecule has 0 atom stereocenters. The molecule has 0 bridgehead atoms. The molecule has 1 aromatic carbocycles. The third-order valence-electron chi connectivity index (χ3n) is 4.57. The minimum absolute atomic E-state index is 0. The molecule has 5 nitrogen and oxygen atoms in total. The molecule has 0 aliphatic carbocycles. The molecule has 26 heavy (non-hydrogen) atoms. The van der Waals surface area contributed by atoms with Gasteiger partial charge in [0.25, 0.3) is 0 Å². The number of rotatable bonds is 7. The highest BCUT2D eigenvalue weighted by atomic mass is 127. The minimum atomic E-state index is 0. The normalized spacial score (nSPS) is 16.7. The second-order valence-corrected chi connectivity index (χ2v) is 7.09. The third-order valence-corrected chi connectivity index (χ3v) is 4.81. The van der Waals surface area contributed by atoms with Crippen LogP contribution in [0.5, 0.6) is 0 Å². The molecule has 0 amide bonds. The van der Waals surface area contributed by atoms with Crippen molar-refractivity contribution >= 4 is 41.5 Å². The molecule has 1 heterocycles. The number of likely N-dealkylation sites (N-methyl/N-ethyl adjacent to an activating group) is 1. The van der Waals surface area contributed by atoms with Crippen LogP contribution in [0.1, 0.15) is 18.4 Å². The third kappa shape index (κ3) is 9.39. The van der Waals surface area contributed by atoms with Crippen molar-refractivity contribution in [1.82, 2.24) is 20.4 Å². The topological polar surface area (TPSA) is 42.9 Å². The lowest BCUT2D eigenvalue weighted by Crippen LogP contribution is -2.39. The van der Waals surface area contributed by atoms with Crippen molar-refractivity contribution in [3.63, 3.8) is 0 Å². The molecular formula is C19H33ClIN5. The lowest BCUT2D eigenvalue weighted by atomic mass is 10.1. The largest absolute Gasteiger partial charge is 0.356 e. The van der Waals surface area contributed by atoms with E-state index in [4.69, 9.17) is 11.6 Å². The van der Waals surface area contributed by atoms with Crippen LogP contribution >= 0.6 is 35.6 Å². The van der Waals surface area contributed by atoms with Crippen molar-refractivity contribution in [1.29, 1.82) is 0 Å². The molecule has 1 aliphatic heterocycles.